The first kappa shape index (κ1) is 11.9. The topological polar surface area (TPSA) is 92.4 Å². The molecule has 0 saturated carbocycles. The van der Waals surface area contributed by atoms with Gasteiger partial charge in [0.2, 0.25) is 5.91 Å². The van der Waals surface area contributed by atoms with Crippen molar-refractivity contribution in [2.24, 2.45) is 5.73 Å². The van der Waals surface area contributed by atoms with E-state index in [2.05, 4.69) is 5.32 Å². The lowest BCUT2D eigenvalue weighted by molar-refractivity contribution is -0.141. The number of nitrogens with two attached hydrogens (primary N) is 1. The minimum atomic E-state index is -1.06. The predicted molar refractivity (Wildman–Crippen MR) is 48.1 cm³/mol. The lowest BCUT2D eigenvalue weighted by Crippen LogP contribution is -2.47. The molecule has 13 heavy (non-hydrogen) atoms. The molecule has 0 heterocycles. The average Bonchev–Trinajstić information content (AvgIpc) is 2.04. The van der Waals surface area contributed by atoms with E-state index in [1.54, 1.807) is 0 Å². The summed E-state index contributed by atoms with van der Waals surface area (Å²) in [7, 11) is 0. The predicted octanol–water partition coefficient (Wildman–Crippen LogP) is -0.297. The second-order valence-corrected chi connectivity index (χ2v) is 2.96. The van der Waals surface area contributed by atoms with Crippen LogP contribution in [0.4, 0.5) is 0 Å². The highest BCUT2D eigenvalue weighted by Gasteiger charge is 2.18. The van der Waals surface area contributed by atoms with Crippen molar-refractivity contribution in [2.45, 2.75) is 38.8 Å². The Hall–Kier alpha value is -1.10. The minimum Gasteiger partial charge on any atom is -0.480 e. The Morgan fingerprint density at radius 1 is 1.54 bits per heavy atom. The Balaban J connectivity index is 3.92. The van der Waals surface area contributed by atoms with Crippen molar-refractivity contribution >= 4 is 11.9 Å². The number of carboxylic acid groups (broad SMARTS) is 1. The first-order chi connectivity index (χ1) is 5.99. The van der Waals surface area contributed by atoms with Crippen molar-refractivity contribution in [1.29, 1.82) is 0 Å². The van der Waals surface area contributed by atoms with Crippen LogP contribution < -0.4 is 11.1 Å². The summed E-state index contributed by atoms with van der Waals surface area (Å²) in [5.41, 5.74) is 5.47. The quantitative estimate of drug-likeness (QED) is 0.552. The zero-order valence-corrected chi connectivity index (χ0v) is 7.91. The minimum absolute atomic E-state index is 0.406. The molecule has 0 aliphatic heterocycles. The van der Waals surface area contributed by atoms with Gasteiger partial charge in [-0.05, 0) is 13.3 Å². The van der Waals surface area contributed by atoms with Crippen LogP contribution in [0.1, 0.15) is 26.7 Å². The second kappa shape index (κ2) is 5.53. The third-order valence-corrected chi connectivity index (χ3v) is 1.67. The van der Waals surface area contributed by atoms with E-state index < -0.39 is 24.0 Å². The molecule has 0 aromatic carbocycles. The van der Waals surface area contributed by atoms with Crippen molar-refractivity contribution in [2.75, 3.05) is 0 Å². The summed E-state index contributed by atoms with van der Waals surface area (Å²) in [5, 5.41) is 10.8. The molecular weight excluding hydrogens is 172 g/mol. The van der Waals surface area contributed by atoms with Gasteiger partial charge >= 0.3 is 5.97 Å². The molecule has 0 aromatic heterocycles. The second-order valence-electron chi connectivity index (χ2n) is 2.96. The monoisotopic (exact) mass is 188 g/mol. The maximum absolute atomic E-state index is 11.1. The van der Waals surface area contributed by atoms with Crippen LogP contribution in [-0.4, -0.2) is 29.1 Å². The van der Waals surface area contributed by atoms with Gasteiger partial charge in [-0.15, -0.1) is 0 Å². The summed E-state index contributed by atoms with van der Waals surface area (Å²) in [5.74, 6) is -1.46. The Labute approximate surface area is 77.3 Å². The van der Waals surface area contributed by atoms with Gasteiger partial charge in [0.15, 0.2) is 0 Å². The van der Waals surface area contributed by atoms with E-state index in [0.29, 0.717) is 6.42 Å². The van der Waals surface area contributed by atoms with Gasteiger partial charge in [0.25, 0.3) is 0 Å². The number of nitrogens with one attached hydrogen (secondary N) is 1. The highest BCUT2D eigenvalue weighted by molar-refractivity contribution is 5.86. The Bertz CT molecular complexity index is 194. The van der Waals surface area contributed by atoms with Gasteiger partial charge < -0.3 is 16.2 Å². The van der Waals surface area contributed by atoms with Gasteiger partial charge in [0.05, 0.1) is 6.04 Å². The Morgan fingerprint density at radius 2 is 2.08 bits per heavy atom. The van der Waals surface area contributed by atoms with Crippen molar-refractivity contribution in [3.63, 3.8) is 0 Å². The molecule has 0 fully saturated rings. The van der Waals surface area contributed by atoms with Gasteiger partial charge in [-0.2, -0.15) is 0 Å². The average molecular weight is 188 g/mol. The van der Waals surface area contributed by atoms with Gasteiger partial charge in [-0.1, -0.05) is 13.3 Å². The molecule has 0 rings (SSSR count). The molecule has 1 amide bonds. The molecule has 0 aromatic rings. The molecular formula is C8H16N2O3. The van der Waals surface area contributed by atoms with Crippen LogP contribution in [0.25, 0.3) is 0 Å². The Kier molecular flexibility index (Phi) is 5.06. The SMILES string of the molecule is CCCC(N)C(=O)N[C@@H](C)C(=O)O. The molecule has 0 bridgehead atoms. The zero-order chi connectivity index (χ0) is 10.4. The van der Waals surface area contributed by atoms with E-state index in [1.165, 1.54) is 6.92 Å². The smallest absolute Gasteiger partial charge is 0.325 e. The van der Waals surface area contributed by atoms with Crippen LogP contribution in [-0.2, 0) is 9.59 Å². The van der Waals surface area contributed by atoms with Crippen molar-refractivity contribution in [1.82, 2.24) is 5.32 Å². The molecule has 5 nitrogen and oxygen atoms in total. The van der Waals surface area contributed by atoms with Crippen LogP contribution in [0.15, 0.2) is 0 Å². The third kappa shape index (κ3) is 4.47. The maximum atomic E-state index is 11.1. The summed E-state index contributed by atoms with van der Waals surface area (Å²) in [6.45, 7) is 3.31. The van der Waals surface area contributed by atoms with E-state index in [9.17, 15) is 9.59 Å². The maximum Gasteiger partial charge on any atom is 0.325 e. The third-order valence-electron chi connectivity index (χ3n) is 1.67. The van der Waals surface area contributed by atoms with Crippen LogP contribution >= 0.6 is 0 Å². The normalized spacial score (nSPS) is 14.7. The molecule has 0 aliphatic rings. The number of hydrogen-bond acceptors (Lipinski definition) is 3. The van der Waals surface area contributed by atoms with Crippen LogP contribution in [0.5, 0.6) is 0 Å². The van der Waals surface area contributed by atoms with Crippen LogP contribution in [0.3, 0.4) is 0 Å². The molecule has 4 N–H and O–H groups in total. The van der Waals surface area contributed by atoms with E-state index >= 15 is 0 Å². The zero-order valence-electron chi connectivity index (χ0n) is 7.91. The number of carbonyl (C=O) groups excluding carboxylic acids is 1. The summed E-state index contributed by atoms with van der Waals surface area (Å²) in [6.07, 6.45) is 1.37. The summed E-state index contributed by atoms with van der Waals surface area (Å²) in [6, 6.07) is -1.48. The molecule has 5 heteroatoms. The van der Waals surface area contributed by atoms with Crippen molar-refractivity contribution in [3.05, 3.63) is 0 Å². The highest BCUT2D eigenvalue weighted by Crippen LogP contribution is 1.93. The molecule has 0 saturated heterocycles. The summed E-state index contributed by atoms with van der Waals surface area (Å²) >= 11 is 0. The Morgan fingerprint density at radius 3 is 2.46 bits per heavy atom. The number of rotatable bonds is 5. The van der Waals surface area contributed by atoms with E-state index in [-0.39, 0.29) is 0 Å². The van der Waals surface area contributed by atoms with E-state index in [4.69, 9.17) is 10.8 Å². The number of aliphatic carboxylic acids is 1. The molecule has 2 atom stereocenters. The molecule has 0 aliphatic carbocycles. The van der Waals surface area contributed by atoms with Gasteiger partial charge in [0.1, 0.15) is 6.04 Å². The number of hydrogen-bond donors (Lipinski definition) is 3. The fourth-order valence-corrected chi connectivity index (χ4v) is 0.824. The summed E-state index contributed by atoms with van der Waals surface area (Å²) < 4.78 is 0. The molecule has 0 spiro atoms. The fraction of sp³-hybridized carbons (Fsp3) is 0.750. The van der Waals surface area contributed by atoms with Crippen molar-refractivity contribution in [3.8, 4) is 0 Å². The number of carboxylic acids is 1. The number of carbonyl (C=O) groups is 2. The van der Waals surface area contributed by atoms with Gasteiger partial charge in [-0.25, -0.2) is 0 Å². The molecule has 0 radical (unpaired) electrons. The summed E-state index contributed by atoms with van der Waals surface area (Å²) in [4.78, 5) is 21.5. The van der Waals surface area contributed by atoms with Gasteiger partial charge in [-0.3, -0.25) is 9.59 Å². The van der Waals surface area contributed by atoms with Crippen molar-refractivity contribution < 1.29 is 14.7 Å². The largest absolute Gasteiger partial charge is 0.480 e. The molecule has 76 valence electrons. The first-order valence-corrected chi connectivity index (χ1v) is 4.27. The van der Waals surface area contributed by atoms with Gasteiger partial charge in [0, 0.05) is 0 Å². The van der Waals surface area contributed by atoms with E-state index in [0.717, 1.165) is 6.42 Å². The van der Waals surface area contributed by atoms with E-state index in [1.807, 2.05) is 6.92 Å². The first-order valence-electron chi connectivity index (χ1n) is 4.27. The highest BCUT2D eigenvalue weighted by atomic mass is 16.4. The van der Waals surface area contributed by atoms with Crippen LogP contribution in [0, 0.1) is 0 Å². The number of amides is 1. The molecule has 1 unspecified atom stereocenters. The van der Waals surface area contributed by atoms with Crippen LogP contribution in [0.2, 0.25) is 0 Å². The lowest BCUT2D eigenvalue weighted by Gasteiger charge is -2.13. The lowest BCUT2D eigenvalue weighted by atomic mass is 10.1. The fourth-order valence-electron chi connectivity index (χ4n) is 0.824. The standard InChI is InChI=1S/C8H16N2O3/c1-3-4-6(9)7(11)10-5(2)8(12)13/h5-6H,3-4,9H2,1-2H3,(H,10,11)(H,12,13)/t5-,6?/m0/s1.